The van der Waals surface area contributed by atoms with Crippen LogP contribution in [-0.2, 0) is 29.0 Å². The molecular formula is C18H27N5O9S. The van der Waals surface area contributed by atoms with E-state index in [9.17, 15) is 27.6 Å². The molecule has 1 saturated carbocycles. The normalized spacial score (nSPS) is 26.2. The molecule has 4 rings (SSSR count). The van der Waals surface area contributed by atoms with Crippen LogP contribution in [0, 0.1) is 11.3 Å². The first-order chi connectivity index (χ1) is 15.2. The molecule has 4 fully saturated rings. The predicted molar refractivity (Wildman–Crippen MR) is 108 cm³/mol. The lowest BCUT2D eigenvalue weighted by molar-refractivity contribution is -0.136. The van der Waals surface area contributed by atoms with Crippen molar-refractivity contribution >= 4 is 34.3 Å². The topological polar surface area (TPSA) is 175 Å². The quantitative estimate of drug-likeness (QED) is 0.344. The molecule has 2 bridgehead atoms. The second kappa shape index (κ2) is 7.70. The fourth-order valence-electron chi connectivity index (χ4n) is 4.48. The molecule has 0 radical (unpaired) electrons. The smallest absolute Gasteiger partial charge is 0.418 e. The number of nitrogens with zero attached hydrogens (tertiary/aromatic N) is 3. The predicted octanol–water partition coefficient (Wildman–Crippen LogP) is -0.606. The van der Waals surface area contributed by atoms with Crippen molar-refractivity contribution in [1.29, 1.82) is 0 Å². The van der Waals surface area contributed by atoms with E-state index in [1.54, 1.807) is 20.8 Å². The Morgan fingerprint density at radius 3 is 2.24 bits per heavy atom. The Morgan fingerprint density at radius 2 is 1.70 bits per heavy atom. The number of urea groups is 1. The van der Waals surface area contributed by atoms with E-state index in [1.165, 1.54) is 4.90 Å². The Bertz CT molecular complexity index is 984. The van der Waals surface area contributed by atoms with Crippen LogP contribution in [0.25, 0.3) is 0 Å². The van der Waals surface area contributed by atoms with Crippen LogP contribution >= 0.6 is 0 Å². The maximum Gasteiger partial charge on any atom is 0.418 e. The first kappa shape index (κ1) is 23.5. The Morgan fingerprint density at radius 1 is 1.09 bits per heavy atom. The number of hydrazine groups is 1. The number of amides is 5. The number of piperidine rings is 1. The fourth-order valence-corrected chi connectivity index (χ4v) is 4.85. The summed E-state index contributed by atoms with van der Waals surface area (Å²) in [5.41, 5.74) is 3.51. The van der Waals surface area contributed by atoms with Gasteiger partial charge in [-0.2, -0.15) is 13.5 Å². The van der Waals surface area contributed by atoms with Gasteiger partial charge < -0.3 is 14.5 Å². The second-order valence-corrected chi connectivity index (χ2v) is 10.9. The third-order valence-electron chi connectivity index (χ3n) is 6.35. The largest absolute Gasteiger partial charge is 0.444 e. The summed E-state index contributed by atoms with van der Waals surface area (Å²) >= 11 is 0. The Kier molecular flexibility index (Phi) is 5.48. The van der Waals surface area contributed by atoms with Gasteiger partial charge in [-0.1, -0.05) is 0 Å². The summed E-state index contributed by atoms with van der Waals surface area (Å²) in [7, 11) is -4.90. The molecule has 1 spiro atoms. The van der Waals surface area contributed by atoms with Crippen molar-refractivity contribution in [3.05, 3.63) is 0 Å². The molecule has 4 aliphatic rings. The lowest BCUT2D eigenvalue weighted by atomic mass is 9.85. The average molecular weight is 490 g/mol. The van der Waals surface area contributed by atoms with Crippen molar-refractivity contribution in [2.45, 2.75) is 57.7 Å². The van der Waals surface area contributed by atoms with Crippen molar-refractivity contribution < 1.29 is 41.2 Å². The summed E-state index contributed by atoms with van der Waals surface area (Å²) in [6, 6.07) is -2.38. The van der Waals surface area contributed by atoms with Crippen LogP contribution in [0.5, 0.6) is 0 Å². The van der Waals surface area contributed by atoms with Crippen LogP contribution < -0.4 is 10.9 Å². The van der Waals surface area contributed by atoms with Crippen LogP contribution in [0.3, 0.4) is 0 Å². The number of nitrogens with one attached hydrogen (secondary N) is 2. The minimum Gasteiger partial charge on any atom is -0.444 e. The lowest BCUT2D eigenvalue weighted by Gasteiger charge is -2.39. The van der Waals surface area contributed by atoms with E-state index in [0.29, 0.717) is 17.9 Å². The molecule has 0 aromatic heterocycles. The van der Waals surface area contributed by atoms with Gasteiger partial charge in [0.25, 0.3) is 5.91 Å². The van der Waals surface area contributed by atoms with E-state index in [4.69, 9.17) is 9.29 Å². The van der Waals surface area contributed by atoms with Gasteiger partial charge in [0.15, 0.2) is 0 Å². The minimum absolute atomic E-state index is 0.0634. The molecule has 0 aromatic rings. The van der Waals surface area contributed by atoms with Crippen molar-refractivity contribution in [3.63, 3.8) is 0 Å². The number of hydrogen-bond donors (Lipinski definition) is 3. The molecule has 33 heavy (non-hydrogen) atoms. The maximum absolute atomic E-state index is 12.8. The number of carbonyl (C=O) groups is 4. The molecule has 0 aromatic carbocycles. The zero-order chi connectivity index (χ0) is 24.3. The molecule has 3 saturated heterocycles. The molecule has 184 valence electrons. The molecule has 3 N–H and O–H groups in total. The summed E-state index contributed by atoms with van der Waals surface area (Å²) in [4.78, 5) is 52.2. The maximum atomic E-state index is 12.8. The van der Waals surface area contributed by atoms with Crippen LogP contribution in [0.1, 0.15) is 40.0 Å². The fraction of sp³-hybridized carbons (Fsp3) is 0.778. The summed E-state index contributed by atoms with van der Waals surface area (Å²) in [5, 5.41) is 0.619. The van der Waals surface area contributed by atoms with Gasteiger partial charge in [-0.05, 0) is 45.4 Å². The van der Waals surface area contributed by atoms with Crippen LogP contribution in [0.15, 0.2) is 0 Å². The first-order valence-electron chi connectivity index (χ1n) is 10.5. The number of fused-ring (bicyclic) bond motifs is 3. The number of hydrogen-bond acceptors (Lipinski definition) is 8. The van der Waals surface area contributed by atoms with Crippen molar-refractivity contribution in [1.82, 2.24) is 25.7 Å². The molecule has 1 unspecified atom stereocenters. The van der Waals surface area contributed by atoms with E-state index >= 15 is 0 Å². The molecule has 2 atom stereocenters. The molecule has 1 aliphatic carbocycles. The number of ether oxygens (including phenoxy) is 1. The lowest BCUT2D eigenvalue weighted by Crippen LogP contribution is -2.61. The highest BCUT2D eigenvalue weighted by Gasteiger charge is 2.65. The van der Waals surface area contributed by atoms with Gasteiger partial charge in [-0.25, -0.2) is 9.59 Å². The van der Waals surface area contributed by atoms with Gasteiger partial charge in [-0.3, -0.25) is 25.0 Å². The molecule has 15 heteroatoms. The molecule has 5 amide bonds. The van der Waals surface area contributed by atoms with E-state index < -0.39 is 63.4 Å². The van der Waals surface area contributed by atoms with Gasteiger partial charge in [0.05, 0.1) is 12.0 Å². The van der Waals surface area contributed by atoms with Gasteiger partial charge in [0.1, 0.15) is 11.6 Å². The molecule has 3 heterocycles. The molecular weight excluding hydrogens is 462 g/mol. The standard InChI is InChI=1S/C18H27N5O9S/c1-17(2,3)31-16(27)21-7-10(8-21)13(24)19-20-14(25)11-6-18(4-5-18)12-9-22(11)15(26)23(12)32-33(28,29)30/h10-12H,4-9H2,1-3H3,(H,19,24)(H,20,25)(H,28,29,30)/t11-,12?/m0/s1. The van der Waals surface area contributed by atoms with Crippen LogP contribution in [0.4, 0.5) is 9.59 Å². The summed E-state index contributed by atoms with van der Waals surface area (Å²) in [5.74, 6) is -1.63. The van der Waals surface area contributed by atoms with Gasteiger partial charge >= 0.3 is 22.5 Å². The average Bonchev–Trinajstić information content (AvgIpc) is 3.34. The third kappa shape index (κ3) is 4.70. The number of carbonyl (C=O) groups excluding carboxylic acids is 4. The molecule has 14 nitrogen and oxygen atoms in total. The van der Waals surface area contributed by atoms with Crippen LogP contribution in [-0.4, -0.2) is 89.1 Å². The van der Waals surface area contributed by atoms with Crippen molar-refractivity contribution in [2.24, 2.45) is 11.3 Å². The number of hydroxylamine groups is 2. The minimum atomic E-state index is -4.90. The SMILES string of the molecule is CC(C)(C)OC(=O)N1CC(C(=O)NNC(=O)[C@@H]2CC3(CC3)C3CN2C(=O)N3OS(=O)(=O)O)C1. The van der Waals surface area contributed by atoms with Gasteiger partial charge in [-0.15, -0.1) is 4.28 Å². The van der Waals surface area contributed by atoms with E-state index in [0.717, 1.165) is 4.90 Å². The third-order valence-corrected chi connectivity index (χ3v) is 6.70. The van der Waals surface area contributed by atoms with Crippen molar-refractivity contribution in [2.75, 3.05) is 19.6 Å². The summed E-state index contributed by atoms with van der Waals surface area (Å²) < 4.78 is 41.0. The van der Waals surface area contributed by atoms with E-state index in [1.807, 2.05) is 0 Å². The Balaban J connectivity index is 1.30. The van der Waals surface area contributed by atoms with Crippen molar-refractivity contribution in [3.8, 4) is 0 Å². The van der Waals surface area contributed by atoms with E-state index in [2.05, 4.69) is 15.1 Å². The van der Waals surface area contributed by atoms with Gasteiger partial charge in [0, 0.05) is 19.6 Å². The highest BCUT2D eigenvalue weighted by Crippen LogP contribution is 2.59. The first-order valence-corrected chi connectivity index (χ1v) is 11.9. The summed E-state index contributed by atoms with van der Waals surface area (Å²) in [6.45, 7) is 5.58. The molecule has 3 aliphatic heterocycles. The number of likely N-dealkylation sites (tertiary alicyclic amines) is 1. The Hall–Kier alpha value is -2.65. The highest BCUT2D eigenvalue weighted by molar-refractivity contribution is 7.80. The Labute approximate surface area is 190 Å². The van der Waals surface area contributed by atoms with Crippen LogP contribution in [0.2, 0.25) is 0 Å². The second-order valence-electron chi connectivity index (χ2n) is 9.92. The summed E-state index contributed by atoms with van der Waals surface area (Å²) in [6.07, 6.45) is 1.09. The highest BCUT2D eigenvalue weighted by atomic mass is 32.3. The number of rotatable bonds is 4. The van der Waals surface area contributed by atoms with E-state index in [-0.39, 0.29) is 26.1 Å². The van der Waals surface area contributed by atoms with Gasteiger partial charge in [0.2, 0.25) is 5.91 Å². The zero-order valence-corrected chi connectivity index (χ0v) is 19.3. The zero-order valence-electron chi connectivity index (χ0n) is 18.4. The monoisotopic (exact) mass is 489 g/mol.